The quantitative estimate of drug-likeness (QED) is 0.648. The van der Waals surface area contributed by atoms with E-state index in [4.69, 9.17) is 0 Å². The van der Waals surface area contributed by atoms with Crippen LogP contribution in [0.1, 0.15) is 26.2 Å². The molecule has 0 bridgehead atoms. The van der Waals surface area contributed by atoms with Crippen molar-refractivity contribution in [2.75, 3.05) is 30.4 Å². The predicted molar refractivity (Wildman–Crippen MR) is 85.8 cm³/mol. The lowest BCUT2D eigenvalue weighted by Crippen LogP contribution is -2.26. The Hall–Kier alpha value is -0.790. The van der Waals surface area contributed by atoms with Crippen LogP contribution in [0.2, 0.25) is 0 Å². The van der Waals surface area contributed by atoms with Crippen LogP contribution < -0.4 is 10.0 Å². The second-order valence-electron chi connectivity index (χ2n) is 4.33. The lowest BCUT2D eigenvalue weighted by atomic mass is 10.2. The Morgan fingerprint density at radius 2 is 2.10 bits per heavy atom. The smallest absolute Gasteiger partial charge is 0.244 e. The average Bonchev–Trinajstić information content (AvgIpc) is 2.43. The third-order valence-corrected chi connectivity index (χ3v) is 4.91. The highest BCUT2D eigenvalue weighted by Gasteiger charge is 2.18. The Labute approximate surface area is 126 Å². The fourth-order valence-electron chi connectivity index (χ4n) is 1.74. The number of unbranched alkanes of at least 4 members (excludes halogenated alkanes) is 2. The maximum absolute atomic E-state index is 12.2. The molecule has 0 amide bonds. The maximum atomic E-state index is 12.2. The first-order valence-electron chi connectivity index (χ1n) is 6.79. The molecule has 0 aliphatic heterocycles. The molecule has 0 aliphatic carbocycles. The van der Waals surface area contributed by atoms with Crippen molar-refractivity contribution in [2.45, 2.75) is 31.1 Å². The van der Waals surface area contributed by atoms with E-state index < -0.39 is 10.0 Å². The van der Waals surface area contributed by atoms with Crippen LogP contribution in [0.5, 0.6) is 0 Å². The van der Waals surface area contributed by atoms with E-state index in [1.54, 1.807) is 18.3 Å². The second kappa shape index (κ2) is 9.20. The normalized spacial score (nSPS) is 11.5. The van der Waals surface area contributed by atoms with Crippen LogP contribution in [0.15, 0.2) is 23.2 Å². The summed E-state index contributed by atoms with van der Waals surface area (Å²) in [5.74, 6) is 1.53. The van der Waals surface area contributed by atoms with Crippen LogP contribution in [0, 0.1) is 0 Å². The van der Waals surface area contributed by atoms with E-state index in [2.05, 4.69) is 21.3 Å². The Bertz CT molecular complexity index is 492. The summed E-state index contributed by atoms with van der Waals surface area (Å²) in [6.45, 7) is 3.01. The molecular formula is C13H23N3O2S2. The number of hydrogen-bond acceptors (Lipinski definition) is 5. The highest BCUT2D eigenvalue weighted by atomic mass is 32.2. The predicted octanol–water partition coefficient (Wildman–Crippen LogP) is 2.33. The van der Waals surface area contributed by atoms with Crippen molar-refractivity contribution < 1.29 is 8.42 Å². The van der Waals surface area contributed by atoms with Crippen molar-refractivity contribution >= 4 is 27.6 Å². The van der Waals surface area contributed by atoms with Crippen LogP contribution in [0.25, 0.3) is 0 Å². The van der Waals surface area contributed by atoms with E-state index in [9.17, 15) is 8.42 Å². The van der Waals surface area contributed by atoms with Gasteiger partial charge in [0, 0.05) is 19.3 Å². The van der Waals surface area contributed by atoms with Crippen LogP contribution in [-0.4, -0.2) is 38.5 Å². The Kier molecular flexibility index (Phi) is 7.94. The first-order chi connectivity index (χ1) is 9.61. The van der Waals surface area contributed by atoms with Crippen molar-refractivity contribution in [1.82, 2.24) is 9.71 Å². The number of nitrogens with zero attached hydrogens (tertiary/aromatic N) is 1. The highest BCUT2D eigenvalue weighted by molar-refractivity contribution is 7.98. The van der Waals surface area contributed by atoms with Gasteiger partial charge in [-0.05, 0) is 43.9 Å². The van der Waals surface area contributed by atoms with Crippen LogP contribution in [0.3, 0.4) is 0 Å². The fraction of sp³-hybridized carbons (Fsp3) is 0.615. The van der Waals surface area contributed by atoms with Gasteiger partial charge in [-0.15, -0.1) is 0 Å². The average molecular weight is 317 g/mol. The van der Waals surface area contributed by atoms with Crippen molar-refractivity contribution in [3.63, 3.8) is 0 Å². The molecule has 0 spiro atoms. The number of hydrogen-bond donors (Lipinski definition) is 2. The summed E-state index contributed by atoms with van der Waals surface area (Å²) in [4.78, 5) is 4.28. The van der Waals surface area contributed by atoms with Gasteiger partial charge in [0.05, 0.1) is 0 Å². The number of pyridine rings is 1. The summed E-state index contributed by atoms with van der Waals surface area (Å²) >= 11 is 1.81. The third kappa shape index (κ3) is 5.68. The van der Waals surface area contributed by atoms with Gasteiger partial charge in [0.25, 0.3) is 0 Å². The van der Waals surface area contributed by atoms with Crippen LogP contribution in [-0.2, 0) is 10.0 Å². The van der Waals surface area contributed by atoms with Gasteiger partial charge < -0.3 is 5.32 Å². The molecular weight excluding hydrogens is 294 g/mol. The third-order valence-electron chi connectivity index (χ3n) is 2.72. The summed E-state index contributed by atoms with van der Waals surface area (Å²) in [6.07, 6.45) is 6.68. The maximum Gasteiger partial charge on any atom is 0.244 e. The first-order valence-corrected chi connectivity index (χ1v) is 9.67. The molecule has 0 fully saturated rings. The topological polar surface area (TPSA) is 71.1 Å². The number of aromatic nitrogens is 1. The number of rotatable bonds is 10. The minimum Gasteiger partial charge on any atom is -0.369 e. The monoisotopic (exact) mass is 317 g/mol. The number of sulfonamides is 1. The molecule has 5 nitrogen and oxygen atoms in total. The molecule has 0 saturated heterocycles. The number of anilines is 1. The fourth-order valence-corrected chi connectivity index (χ4v) is 3.44. The van der Waals surface area contributed by atoms with Crippen LogP contribution in [0.4, 0.5) is 5.82 Å². The van der Waals surface area contributed by atoms with Crippen molar-refractivity contribution in [3.8, 4) is 0 Å². The van der Waals surface area contributed by atoms with E-state index in [0.29, 0.717) is 18.9 Å². The van der Waals surface area contributed by atoms with Gasteiger partial charge in [-0.25, -0.2) is 18.1 Å². The van der Waals surface area contributed by atoms with Gasteiger partial charge in [0.1, 0.15) is 10.7 Å². The molecule has 114 valence electrons. The number of thioether (sulfide) groups is 1. The summed E-state index contributed by atoms with van der Waals surface area (Å²) in [7, 11) is -3.49. The summed E-state index contributed by atoms with van der Waals surface area (Å²) in [6, 6.07) is 3.20. The molecule has 0 unspecified atom stereocenters. The zero-order chi connectivity index (χ0) is 14.8. The highest BCUT2D eigenvalue weighted by Crippen LogP contribution is 2.17. The van der Waals surface area contributed by atoms with E-state index in [-0.39, 0.29) is 4.90 Å². The Morgan fingerprint density at radius 1 is 1.30 bits per heavy atom. The van der Waals surface area contributed by atoms with E-state index in [1.165, 1.54) is 0 Å². The summed E-state index contributed by atoms with van der Waals surface area (Å²) in [5.41, 5.74) is 0. The number of nitrogens with one attached hydrogen (secondary N) is 2. The lowest BCUT2D eigenvalue weighted by molar-refractivity contribution is 0.576. The molecule has 0 saturated carbocycles. The molecule has 0 aromatic carbocycles. The molecule has 1 aromatic rings. The molecule has 1 rings (SSSR count). The zero-order valence-electron chi connectivity index (χ0n) is 12.1. The molecule has 0 radical (unpaired) electrons. The van der Waals surface area contributed by atoms with Gasteiger partial charge in [-0.3, -0.25) is 0 Å². The largest absolute Gasteiger partial charge is 0.369 e. The van der Waals surface area contributed by atoms with Gasteiger partial charge >= 0.3 is 0 Å². The van der Waals surface area contributed by atoms with Gasteiger partial charge in [0.15, 0.2) is 0 Å². The van der Waals surface area contributed by atoms with Crippen molar-refractivity contribution in [3.05, 3.63) is 18.3 Å². The zero-order valence-corrected chi connectivity index (χ0v) is 13.7. The Balaban J connectivity index is 2.56. The standard InChI is InChI=1S/C13H23N3O2S2/c1-3-14-13-12(8-7-9-15-13)20(17,18)16-10-5-4-6-11-19-2/h7-9,16H,3-6,10-11H2,1-2H3,(H,14,15). The van der Waals surface area contributed by atoms with E-state index >= 15 is 0 Å². The van der Waals surface area contributed by atoms with Crippen molar-refractivity contribution in [1.29, 1.82) is 0 Å². The van der Waals surface area contributed by atoms with Gasteiger partial charge in [-0.2, -0.15) is 11.8 Å². The molecule has 0 aliphatic rings. The lowest BCUT2D eigenvalue weighted by Gasteiger charge is -2.11. The minimum absolute atomic E-state index is 0.214. The first kappa shape index (κ1) is 17.3. The van der Waals surface area contributed by atoms with Gasteiger partial charge in [0.2, 0.25) is 10.0 Å². The van der Waals surface area contributed by atoms with Crippen LogP contribution >= 0.6 is 11.8 Å². The Morgan fingerprint density at radius 3 is 2.80 bits per heavy atom. The summed E-state index contributed by atoms with van der Waals surface area (Å²) in [5, 5.41) is 2.97. The van der Waals surface area contributed by atoms with E-state index in [1.807, 2.05) is 18.7 Å². The summed E-state index contributed by atoms with van der Waals surface area (Å²) < 4.78 is 27.1. The second-order valence-corrected chi connectivity index (χ2v) is 7.05. The minimum atomic E-state index is -3.49. The SMILES string of the molecule is CCNc1ncccc1S(=O)(=O)NCCCCCSC. The molecule has 0 atom stereocenters. The van der Waals surface area contributed by atoms with Gasteiger partial charge in [-0.1, -0.05) is 6.42 Å². The molecule has 2 N–H and O–H groups in total. The molecule has 1 heterocycles. The molecule has 1 aromatic heterocycles. The van der Waals surface area contributed by atoms with Crippen molar-refractivity contribution in [2.24, 2.45) is 0 Å². The molecule has 7 heteroatoms. The molecule has 20 heavy (non-hydrogen) atoms. The van der Waals surface area contributed by atoms with E-state index in [0.717, 1.165) is 25.0 Å².